The second-order valence-electron chi connectivity index (χ2n) is 3.05. The van der Waals surface area contributed by atoms with E-state index in [1.54, 1.807) is 0 Å². The summed E-state index contributed by atoms with van der Waals surface area (Å²) in [5, 5.41) is 0. The van der Waals surface area contributed by atoms with Gasteiger partial charge in [-0.2, -0.15) is 0 Å². The molecule has 0 N–H and O–H groups in total. The number of aromatic nitrogens is 1. The Labute approximate surface area is 91.8 Å². The standard InChI is InChI=1S/C10H16N.HI/c1-4-6-11-7-5-9(2)10(3)8-11;/h5,7-8H,4,6H2,1-3H3;1H/q+1;/p-1. The van der Waals surface area contributed by atoms with E-state index < -0.39 is 0 Å². The van der Waals surface area contributed by atoms with Gasteiger partial charge < -0.3 is 24.0 Å². The van der Waals surface area contributed by atoms with Crippen LogP contribution in [0.15, 0.2) is 18.5 Å². The summed E-state index contributed by atoms with van der Waals surface area (Å²) in [5.41, 5.74) is 2.75. The molecule has 1 aromatic heterocycles. The normalized spacial score (nSPS) is 9.25. The van der Waals surface area contributed by atoms with Crippen LogP contribution in [-0.2, 0) is 6.54 Å². The molecule has 2 heteroatoms. The van der Waals surface area contributed by atoms with Gasteiger partial charge in [0, 0.05) is 18.1 Å². The summed E-state index contributed by atoms with van der Waals surface area (Å²) in [5.74, 6) is 0. The fourth-order valence-corrected chi connectivity index (χ4v) is 1.13. The van der Waals surface area contributed by atoms with E-state index >= 15 is 0 Å². The van der Waals surface area contributed by atoms with E-state index in [0.29, 0.717) is 0 Å². The topological polar surface area (TPSA) is 3.88 Å². The number of nitrogens with zero attached hydrogens (tertiary/aromatic N) is 1. The molecule has 1 nitrogen and oxygen atoms in total. The van der Waals surface area contributed by atoms with Gasteiger partial charge in [0.25, 0.3) is 0 Å². The Hall–Kier alpha value is -0.120. The first-order valence-electron chi connectivity index (χ1n) is 4.20. The molecule has 68 valence electrons. The minimum atomic E-state index is 0. The van der Waals surface area contributed by atoms with E-state index in [4.69, 9.17) is 0 Å². The number of aryl methyl sites for hydroxylation is 3. The van der Waals surface area contributed by atoms with Crippen molar-refractivity contribution in [3.05, 3.63) is 29.6 Å². The van der Waals surface area contributed by atoms with Gasteiger partial charge >= 0.3 is 0 Å². The van der Waals surface area contributed by atoms with Crippen LogP contribution in [0, 0.1) is 13.8 Å². The first-order chi connectivity index (χ1) is 5.24. The molecule has 0 atom stereocenters. The molecular formula is C10H16IN. The smallest absolute Gasteiger partial charge is 0.171 e. The van der Waals surface area contributed by atoms with Gasteiger partial charge in [-0.25, -0.2) is 4.57 Å². The molecule has 0 aliphatic heterocycles. The van der Waals surface area contributed by atoms with E-state index in [0.717, 1.165) is 6.54 Å². The van der Waals surface area contributed by atoms with Gasteiger partial charge in [-0.15, -0.1) is 0 Å². The molecule has 0 saturated carbocycles. The lowest BCUT2D eigenvalue weighted by molar-refractivity contribution is -0.697. The molecule has 0 amide bonds. The Kier molecular flexibility index (Phi) is 5.46. The Morgan fingerprint density at radius 3 is 2.42 bits per heavy atom. The van der Waals surface area contributed by atoms with Crippen molar-refractivity contribution >= 4 is 0 Å². The molecule has 0 unspecified atom stereocenters. The molecule has 0 aromatic carbocycles. The molecule has 0 aliphatic rings. The van der Waals surface area contributed by atoms with Crippen LogP contribution >= 0.6 is 0 Å². The summed E-state index contributed by atoms with van der Waals surface area (Å²) < 4.78 is 2.24. The van der Waals surface area contributed by atoms with Gasteiger partial charge in [-0.1, -0.05) is 6.92 Å². The van der Waals surface area contributed by atoms with Gasteiger partial charge in [0.05, 0.1) is 0 Å². The van der Waals surface area contributed by atoms with E-state index in [2.05, 4.69) is 43.8 Å². The average molecular weight is 277 g/mol. The van der Waals surface area contributed by atoms with Crippen LogP contribution < -0.4 is 28.5 Å². The molecule has 0 aliphatic carbocycles. The maximum absolute atomic E-state index is 2.24. The molecule has 0 bridgehead atoms. The van der Waals surface area contributed by atoms with Crippen molar-refractivity contribution in [2.45, 2.75) is 33.7 Å². The number of hydrogen-bond donors (Lipinski definition) is 0. The fourth-order valence-electron chi connectivity index (χ4n) is 1.13. The molecule has 12 heavy (non-hydrogen) atoms. The van der Waals surface area contributed by atoms with Crippen molar-refractivity contribution in [1.29, 1.82) is 0 Å². The molecule has 1 rings (SSSR count). The minimum absolute atomic E-state index is 0. The summed E-state index contributed by atoms with van der Waals surface area (Å²) in [7, 11) is 0. The number of hydrogen-bond acceptors (Lipinski definition) is 0. The summed E-state index contributed by atoms with van der Waals surface area (Å²) >= 11 is 0. The van der Waals surface area contributed by atoms with Crippen molar-refractivity contribution in [2.75, 3.05) is 0 Å². The monoisotopic (exact) mass is 277 g/mol. The van der Waals surface area contributed by atoms with Crippen molar-refractivity contribution in [3.63, 3.8) is 0 Å². The lowest BCUT2D eigenvalue weighted by Crippen LogP contribution is -3.00. The molecule has 1 heterocycles. The lowest BCUT2D eigenvalue weighted by atomic mass is 10.2. The third-order valence-corrected chi connectivity index (χ3v) is 1.98. The highest BCUT2D eigenvalue weighted by atomic mass is 127. The third-order valence-electron chi connectivity index (χ3n) is 1.98. The molecule has 0 radical (unpaired) electrons. The van der Waals surface area contributed by atoms with Gasteiger partial charge in [-0.05, 0) is 19.4 Å². The maximum Gasteiger partial charge on any atom is 0.171 e. The minimum Gasteiger partial charge on any atom is -1.00 e. The quantitative estimate of drug-likeness (QED) is 0.482. The van der Waals surface area contributed by atoms with E-state index in [9.17, 15) is 0 Å². The lowest BCUT2D eigenvalue weighted by Gasteiger charge is -1.97. The van der Waals surface area contributed by atoms with Gasteiger partial charge in [0.15, 0.2) is 12.4 Å². The van der Waals surface area contributed by atoms with Crippen LogP contribution in [0.1, 0.15) is 24.5 Å². The van der Waals surface area contributed by atoms with E-state index in [-0.39, 0.29) is 24.0 Å². The Morgan fingerprint density at radius 2 is 1.92 bits per heavy atom. The Bertz CT molecular complexity index is 246. The average Bonchev–Trinajstić information content (AvgIpc) is 1.98. The highest BCUT2D eigenvalue weighted by Gasteiger charge is 1.99. The predicted octanol–water partition coefficient (Wildman–Crippen LogP) is -0.995. The summed E-state index contributed by atoms with van der Waals surface area (Å²) in [4.78, 5) is 0. The van der Waals surface area contributed by atoms with E-state index in [1.807, 2.05) is 0 Å². The largest absolute Gasteiger partial charge is 1.00 e. The SMILES string of the molecule is CCC[n+]1ccc(C)c(C)c1.[I-]. The first-order valence-corrected chi connectivity index (χ1v) is 4.20. The molecule has 1 aromatic rings. The van der Waals surface area contributed by atoms with Crippen molar-refractivity contribution in [2.24, 2.45) is 0 Å². The van der Waals surface area contributed by atoms with Crippen LogP contribution in [0.5, 0.6) is 0 Å². The van der Waals surface area contributed by atoms with Gasteiger partial charge in [0.1, 0.15) is 6.54 Å². The number of halogens is 1. The molecule has 0 fully saturated rings. The van der Waals surface area contributed by atoms with Gasteiger partial charge in [0.2, 0.25) is 0 Å². The zero-order valence-corrected chi connectivity index (χ0v) is 10.1. The summed E-state index contributed by atoms with van der Waals surface area (Å²) in [6.07, 6.45) is 5.55. The van der Waals surface area contributed by atoms with Gasteiger partial charge in [-0.3, -0.25) is 0 Å². The Balaban J connectivity index is 0.00000121. The van der Waals surface area contributed by atoms with Crippen LogP contribution in [0.3, 0.4) is 0 Å². The molecular weight excluding hydrogens is 261 g/mol. The number of pyridine rings is 1. The second-order valence-corrected chi connectivity index (χ2v) is 3.05. The van der Waals surface area contributed by atoms with Crippen molar-refractivity contribution < 1.29 is 28.5 Å². The van der Waals surface area contributed by atoms with Crippen LogP contribution in [-0.4, -0.2) is 0 Å². The molecule has 0 saturated heterocycles. The fraction of sp³-hybridized carbons (Fsp3) is 0.500. The van der Waals surface area contributed by atoms with Crippen molar-refractivity contribution in [1.82, 2.24) is 0 Å². The maximum atomic E-state index is 2.24. The van der Waals surface area contributed by atoms with Crippen molar-refractivity contribution in [3.8, 4) is 0 Å². The first kappa shape index (κ1) is 11.9. The number of rotatable bonds is 2. The predicted molar refractivity (Wildman–Crippen MR) is 46.4 cm³/mol. The van der Waals surface area contributed by atoms with E-state index in [1.165, 1.54) is 17.5 Å². The zero-order valence-electron chi connectivity index (χ0n) is 7.97. The summed E-state index contributed by atoms with van der Waals surface area (Å²) in [6, 6.07) is 2.17. The van der Waals surface area contributed by atoms with Crippen LogP contribution in [0.2, 0.25) is 0 Å². The zero-order chi connectivity index (χ0) is 8.27. The highest BCUT2D eigenvalue weighted by molar-refractivity contribution is 5.16. The Morgan fingerprint density at radius 1 is 1.25 bits per heavy atom. The summed E-state index contributed by atoms with van der Waals surface area (Å²) in [6.45, 7) is 7.62. The highest BCUT2D eigenvalue weighted by Crippen LogP contribution is 2.00. The van der Waals surface area contributed by atoms with Crippen LogP contribution in [0.25, 0.3) is 0 Å². The second kappa shape index (κ2) is 5.51. The third kappa shape index (κ3) is 3.09. The van der Waals surface area contributed by atoms with Crippen LogP contribution in [0.4, 0.5) is 0 Å². The molecule has 0 spiro atoms.